The maximum absolute atomic E-state index is 12.1. The third-order valence-corrected chi connectivity index (χ3v) is 3.17. The van der Waals surface area contributed by atoms with Gasteiger partial charge in [0.25, 0.3) is 0 Å². The molecule has 0 unspecified atom stereocenters. The Hall–Kier alpha value is -2.56. The topological polar surface area (TPSA) is 54.5 Å². The van der Waals surface area contributed by atoms with Gasteiger partial charge in [0.1, 0.15) is 0 Å². The smallest absolute Gasteiger partial charge is 0.317 e. The minimum Gasteiger partial charge on any atom is -0.478 e. The van der Waals surface area contributed by atoms with E-state index in [0.717, 1.165) is 11.1 Å². The predicted octanol–water partition coefficient (Wildman–Crippen LogP) is 2.82. The number of urea groups is 1. The summed E-state index contributed by atoms with van der Waals surface area (Å²) in [5.74, 6) is 0.566. The van der Waals surface area contributed by atoms with Crippen LogP contribution in [0.25, 0.3) is 0 Å². The summed E-state index contributed by atoms with van der Waals surface area (Å²) in [5, 5.41) is 2.88. The number of hydrogen-bond donors (Lipinski definition) is 1. The van der Waals surface area contributed by atoms with Crippen molar-refractivity contribution in [1.82, 2.24) is 15.2 Å². The molecule has 22 heavy (non-hydrogen) atoms. The maximum atomic E-state index is 12.1. The van der Waals surface area contributed by atoms with Crippen molar-refractivity contribution in [1.29, 1.82) is 0 Å². The van der Waals surface area contributed by atoms with Crippen LogP contribution in [0, 0.1) is 0 Å². The molecule has 0 saturated carbocycles. The zero-order valence-electron chi connectivity index (χ0n) is 13.0. The molecule has 1 aromatic heterocycles. The van der Waals surface area contributed by atoms with E-state index in [-0.39, 0.29) is 6.03 Å². The summed E-state index contributed by atoms with van der Waals surface area (Å²) < 4.78 is 5.45. The van der Waals surface area contributed by atoms with E-state index < -0.39 is 0 Å². The third-order valence-electron chi connectivity index (χ3n) is 3.17. The standard InChI is InChI=1S/C17H21N3O2/c1-3-22-16-15(10-7-11-18-16)12-19-17(21)20(2)13-14-8-5-4-6-9-14/h4-11H,3,12-13H2,1-2H3,(H,19,21). The highest BCUT2D eigenvalue weighted by Crippen LogP contribution is 2.14. The first kappa shape index (κ1) is 15.8. The fourth-order valence-electron chi connectivity index (χ4n) is 2.06. The van der Waals surface area contributed by atoms with E-state index in [1.54, 1.807) is 18.1 Å². The van der Waals surface area contributed by atoms with Gasteiger partial charge in [-0.05, 0) is 18.6 Å². The Bertz CT molecular complexity index is 602. The number of nitrogens with zero attached hydrogens (tertiary/aromatic N) is 2. The van der Waals surface area contributed by atoms with Crippen LogP contribution in [-0.2, 0) is 13.1 Å². The summed E-state index contributed by atoms with van der Waals surface area (Å²) in [5.41, 5.74) is 1.96. The quantitative estimate of drug-likeness (QED) is 0.892. The van der Waals surface area contributed by atoms with Gasteiger partial charge in [-0.1, -0.05) is 36.4 Å². The molecule has 2 amide bonds. The molecular weight excluding hydrogens is 278 g/mol. The number of benzene rings is 1. The molecule has 0 saturated heterocycles. The molecular formula is C17H21N3O2. The van der Waals surface area contributed by atoms with Crippen molar-refractivity contribution in [3.8, 4) is 5.88 Å². The molecule has 1 heterocycles. The fourth-order valence-corrected chi connectivity index (χ4v) is 2.06. The number of carbonyl (C=O) groups excluding carboxylic acids is 1. The van der Waals surface area contributed by atoms with Gasteiger partial charge < -0.3 is 15.0 Å². The number of aromatic nitrogens is 1. The van der Waals surface area contributed by atoms with Gasteiger partial charge >= 0.3 is 6.03 Å². The first-order valence-electron chi connectivity index (χ1n) is 7.30. The molecule has 0 radical (unpaired) electrons. The fraction of sp³-hybridized carbons (Fsp3) is 0.294. The summed E-state index contributed by atoms with van der Waals surface area (Å²) in [6.45, 7) is 3.41. The van der Waals surface area contributed by atoms with Gasteiger partial charge in [0.2, 0.25) is 5.88 Å². The van der Waals surface area contributed by atoms with Crippen molar-refractivity contribution in [2.45, 2.75) is 20.0 Å². The van der Waals surface area contributed by atoms with Gasteiger partial charge in [0, 0.05) is 31.9 Å². The van der Waals surface area contributed by atoms with Gasteiger partial charge in [-0.3, -0.25) is 0 Å². The number of carbonyl (C=O) groups is 1. The summed E-state index contributed by atoms with van der Waals surface area (Å²) in [4.78, 5) is 18.0. The molecule has 1 N–H and O–H groups in total. The lowest BCUT2D eigenvalue weighted by atomic mass is 10.2. The lowest BCUT2D eigenvalue weighted by Crippen LogP contribution is -2.36. The Kier molecular flexibility index (Phi) is 5.77. The highest BCUT2D eigenvalue weighted by Gasteiger charge is 2.10. The second-order valence-corrected chi connectivity index (χ2v) is 4.90. The van der Waals surface area contributed by atoms with Crippen molar-refractivity contribution in [2.24, 2.45) is 0 Å². The number of nitrogens with one attached hydrogen (secondary N) is 1. The summed E-state index contributed by atoms with van der Waals surface area (Å²) in [6, 6.07) is 13.5. The van der Waals surface area contributed by atoms with Crippen molar-refractivity contribution >= 4 is 6.03 Å². The summed E-state index contributed by atoms with van der Waals surface area (Å²) in [7, 11) is 1.77. The van der Waals surface area contributed by atoms with Crippen LogP contribution in [0.15, 0.2) is 48.7 Å². The van der Waals surface area contributed by atoms with Gasteiger partial charge in [-0.2, -0.15) is 0 Å². The molecule has 1 aromatic carbocycles. The molecule has 0 atom stereocenters. The Morgan fingerprint density at radius 2 is 2.00 bits per heavy atom. The molecule has 5 heteroatoms. The van der Waals surface area contributed by atoms with Crippen LogP contribution in [0.4, 0.5) is 4.79 Å². The third kappa shape index (κ3) is 4.48. The molecule has 0 aliphatic rings. The second kappa shape index (κ2) is 8.02. The van der Waals surface area contributed by atoms with Crippen LogP contribution >= 0.6 is 0 Å². The Labute approximate surface area is 130 Å². The molecule has 5 nitrogen and oxygen atoms in total. The van der Waals surface area contributed by atoms with Crippen LogP contribution < -0.4 is 10.1 Å². The van der Waals surface area contributed by atoms with Crippen molar-refractivity contribution in [3.05, 3.63) is 59.8 Å². The monoisotopic (exact) mass is 299 g/mol. The van der Waals surface area contributed by atoms with Crippen LogP contribution in [0.5, 0.6) is 5.88 Å². The van der Waals surface area contributed by atoms with Crippen LogP contribution in [-0.4, -0.2) is 29.6 Å². The highest BCUT2D eigenvalue weighted by atomic mass is 16.5. The van der Waals surface area contributed by atoms with Gasteiger partial charge in [-0.15, -0.1) is 0 Å². The van der Waals surface area contributed by atoms with E-state index in [1.165, 1.54) is 0 Å². The lowest BCUT2D eigenvalue weighted by Gasteiger charge is -2.18. The van der Waals surface area contributed by atoms with Crippen molar-refractivity contribution in [3.63, 3.8) is 0 Å². The largest absolute Gasteiger partial charge is 0.478 e. The normalized spacial score (nSPS) is 10.1. The second-order valence-electron chi connectivity index (χ2n) is 4.90. The molecule has 0 spiro atoms. The van der Waals surface area contributed by atoms with E-state index in [4.69, 9.17) is 4.74 Å². The zero-order chi connectivity index (χ0) is 15.8. The number of hydrogen-bond acceptors (Lipinski definition) is 3. The molecule has 0 aliphatic heterocycles. The van der Waals surface area contributed by atoms with Gasteiger partial charge in [0.05, 0.1) is 6.61 Å². The Morgan fingerprint density at radius 1 is 1.23 bits per heavy atom. The number of amides is 2. The molecule has 0 bridgehead atoms. The lowest BCUT2D eigenvalue weighted by molar-refractivity contribution is 0.206. The molecule has 0 aliphatic carbocycles. The zero-order valence-corrected chi connectivity index (χ0v) is 13.0. The first-order valence-corrected chi connectivity index (χ1v) is 7.30. The van der Waals surface area contributed by atoms with E-state index in [0.29, 0.717) is 25.6 Å². The molecule has 2 aromatic rings. The average molecular weight is 299 g/mol. The minimum absolute atomic E-state index is 0.129. The van der Waals surface area contributed by atoms with Gasteiger partial charge in [0.15, 0.2) is 0 Å². The SMILES string of the molecule is CCOc1ncccc1CNC(=O)N(C)Cc1ccccc1. The van der Waals surface area contributed by atoms with E-state index in [9.17, 15) is 4.79 Å². The summed E-state index contributed by atoms with van der Waals surface area (Å²) in [6.07, 6.45) is 1.68. The van der Waals surface area contributed by atoms with E-state index in [1.807, 2.05) is 49.4 Å². The van der Waals surface area contributed by atoms with Gasteiger partial charge in [-0.25, -0.2) is 9.78 Å². The summed E-state index contributed by atoms with van der Waals surface area (Å²) >= 11 is 0. The number of pyridine rings is 1. The predicted molar refractivity (Wildman–Crippen MR) is 85.6 cm³/mol. The average Bonchev–Trinajstić information content (AvgIpc) is 2.55. The van der Waals surface area contributed by atoms with E-state index >= 15 is 0 Å². The first-order chi connectivity index (χ1) is 10.7. The molecule has 2 rings (SSSR count). The van der Waals surface area contributed by atoms with Crippen molar-refractivity contribution in [2.75, 3.05) is 13.7 Å². The Balaban J connectivity index is 1.89. The maximum Gasteiger partial charge on any atom is 0.317 e. The van der Waals surface area contributed by atoms with Crippen molar-refractivity contribution < 1.29 is 9.53 Å². The Morgan fingerprint density at radius 3 is 2.73 bits per heavy atom. The number of ether oxygens (including phenoxy) is 1. The van der Waals surface area contributed by atoms with Crippen LogP contribution in [0.3, 0.4) is 0 Å². The minimum atomic E-state index is -0.129. The number of rotatable bonds is 6. The van der Waals surface area contributed by atoms with Crippen LogP contribution in [0.2, 0.25) is 0 Å². The molecule has 0 fully saturated rings. The van der Waals surface area contributed by atoms with E-state index in [2.05, 4.69) is 10.3 Å². The molecule has 116 valence electrons. The highest BCUT2D eigenvalue weighted by molar-refractivity contribution is 5.73. The van der Waals surface area contributed by atoms with Crippen LogP contribution in [0.1, 0.15) is 18.1 Å².